The molecule has 0 saturated carbocycles. The summed E-state index contributed by atoms with van der Waals surface area (Å²) in [4.78, 5) is 4.11. The third-order valence-electron chi connectivity index (χ3n) is 2.69. The molecule has 6 heteroatoms. The van der Waals surface area contributed by atoms with Gasteiger partial charge in [-0.25, -0.2) is 0 Å². The highest BCUT2D eigenvalue weighted by Gasteiger charge is 2.39. The van der Waals surface area contributed by atoms with Crippen LogP contribution in [0, 0.1) is 0 Å². The number of nitrogens with one attached hydrogen (secondary N) is 1. The summed E-state index contributed by atoms with van der Waals surface area (Å²) < 4.78 is 0. The van der Waals surface area contributed by atoms with Gasteiger partial charge in [-0.05, 0) is 6.42 Å². The van der Waals surface area contributed by atoms with E-state index in [1.54, 1.807) is 0 Å². The van der Waals surface area contributed by atoms with Crippen molar-refractivity contribution >= 4 is 5.84 Å². The highest BCUT2D eigenvalue weighted by atomic mass is 16.4. The summed E-state index contributed by atoms with van der Waals surface area (Å²) in [5, 5.41) is 40.4. The predicted octanol–water partition coefficient (Wildman–Crippen LogP) is -1.77. The van der Waals surface area contributed by atoms with Crippen LogP contribution in [0.4, 0.5) is 0 Å². The predicted molar refractivity (Wildman–Crippen MR) is 59.2 cm³/mol. The lowest BCUT2D eigenvalue weighted by molar-refractivity contribution is -0.0681. The van der Waals surface area contributed by atoms with E-state index in [0.29, 0.717) is 6.54 Å². The normalized spacial score (nSPS) is 37.4. The zero-order chi connectivity index (χ0) is 12.1. The van der Waals surface area contributed by atoms with Crippen molar-refractivity contribution in [3.05, 3.63) is 0 Å². The molecule has 1 fully saturated rings. The lowest BCUT2D eigenvalue weighted by Gasteiger charge is -2.36. The Balaban J connectivity index is 2.66. The molecule has 1 saturated heterocycles. The van der Waals surface area contributed by atoms with Crippen LogP contribution < -0.4 is 5.32 Å². The maximum absolute atomic E-state index is 9.64. The number of rotatable bonds is 4. The summed E-state index contributed by atoms with van der Waals surface area (Å²) in [6, 6.07) is -0.682. The lowest BCUT2D eigenvalue weighted by Crippen LogP contribution is -2.63. The number of aliphatic hydroxyl groups excluding tert-OH is 4. The van der Waals surface area contributed by atoms with Gasteiger partial charge < -0.3 is 25.7 Å². The van der Waals surface area contributed by atoms with Gasteiger partial charge in [0.2, 0.25) is 0 Å². The van der Waals surface area contributed by atoms with E-state index in [1.165, 1.54) is 0 Å². The number of piperidine rings is 1. The van der Waals surface area contributed by atoms with Crippen LogP contribution in [0.15, 0.2) is 4.99 Å². The van der Waals surface area contributed by atoms with E-state index in [2.05, 4.69) is 10.3 Å². The molecule has 0 aromatic heterocycles. The first kappa shape index (κ1) is 13.4. The van der Waals surface area contributed by atoms with Crippen LogP contribution >= 0.6 is 0 Å². The number of aliphatic hydroxyl groups is 4. The van der Waals surface area contributed by atoms with Crippen molar-refractivity contribution in [1.29, 1.82) is 0 Å². The van der Waals surface area contributed by atoms with Gasteiger partial charge in [-0.3, -0.25) is 4.99 Å². The Morgan fingerprint density at radius 3 is 2.50 bits per heavy atom. The zero-order valence-electron chi connectivity index (χ0n) is 9.37. The number of unbranched alkanes of at least 4 members (excludes halogenated alkanes) is 1. The van der Waals surface area contributed by atoms with E-state index in [-0.39, 0.29) is 12.4 Å². The van der Waals surface area contributed by atoms with Gasteiger partial charge in [-0.15, -0.1) is 0 Å². The highest BCUT2D eigenvalue weighted by Crippen LogP contribution is 2.12. The molecule has 0 unspecified atom stereocenters. The van der Waals surface area contributed by atoms with Crippen LogP contribution in [0.1, 0.15) is 19.8 Å². The van der Waals surface area contributed by atoms with Gasteiger partial charge >= 0.3 is 0 Å². The Morgan fingerprint density at radius 1 is 1.25 bits per heavy atom. The summed E-state index contributed by atoms with van der Waals surface area (Å²) >= 11 is 0. The molecule has 5 N–H and O–H groups in total. The molecular formula is C10H20N2O4. The molecule has 0 spiro atoms. The molecule has 1 aliphatic heterocycles. The second-order valence-corrected chi connectivity index (χ2v) is 3.98. The maximum atomic E-state index is 9.64. The summed E-state index contributed by atoms with van der Waals surface area (Å²) in [7, 11) is 0. The van der Waals surface area contributed by atoms with Crippen molar-refractivity contribution in [2.75, 3.05) is 13.2 Å². The quantitative estimate of drug-likeness (QED) is 0.369. The number of amidine groups is 1. The van der Waals surface area contributed by atoms with E-state index in [9.17, 15) is 15.3 Å². The molecule has 0 bridgehead atoms. The van der Waals surface area contributed by atoms with Gasteiger partial charge in [0.25, 0.3) is 0 Å². The second-order valence-electron chi connectivity index (χ2n) is 3.98. The SMILES string of the molecule is CCCCN=C1N[C@H](CO)[C@@H](O)[C@H](O)[C@H]1O. The Hall–Kier alpha value is -0.690. The largest absolute Gasteiger partial charge is 0.394 e. The Kier molecular flexibility index (Phi) is 5.14. The fraction of sp³-hybridized carbons (Fsp3) is 0.900. The third kappa shape index (κ3) is 2.91. The minimum atomic E-state index is -1.31. The smallest absolute Gasteiger partial charge is 0.139 e. The van der Waals surface area contributed by atoms with Crippen LogP contribution in [0.2, 0.25) is 0 Å². The van der Waals surface area contributed by atoms with Gasteiger partial charge in [-0.2, -0.15) is 0 Å². The molecule has 0 aromatic rings. The topological polar surface area (TPSA) is 105 Å². The first-order valence-corrected chi connectivity index (χ1v) is 5.57. The Labute approximate surface area is 94.6 Å². The van der Waals surface area contributed by atoms with E-state index in [1.807, 2.05) is 6.92 Å². The van der Waals surface area contributed by atoms with Gasteiger partial charge in [0.05, 0.1) is 12.6 Å². The summed E-state index contributed by atoms with van der Waals surface area (Å²) in [5.74, 6) is 0.241. The summed E-state index contributed by atoms with van der Waals surface area (Å²) in [5.41, 5.74) is 0. The van der Waals surface area contributed by atoms with Crippen LogP contribution in [0.25, 0.3) is 0 Å². The van der Waals surface area contributed by atoms with E-state index >= 15 is 0 Å². The summed E-state index contributed by atoms with van der Waals surface area (Å²) in [6.45, 7) is 2.26. The fourth-order valence-corrected chi connectivity index (χ4v) is 1.60. The molecular weight excluding hydrogens is 212 g/mol. The second kappa shape index (κ2) is 6.15. The first-order chi connectivity index (χ1) is 7.61. The molecule has 0 aromatic carbocycles. The van der Waals surface area contributed by atoms with Crippen LogP contribution in [-0.4, -0.2) is 63.8 Å². The fourth-order valence-electron chi connectivity index (χ4n) is 1.60. The molecule has 16 heavy (non-hydrogen) atoms. The number of nitrogens with zero attached hydrogens (tertiary/aromatic N) is 1. The molecule has 6 nitrogen and oxygen atoms in total. The average molecular weight is 232 g/mol. The molecule has 1 aliphatic rings. The number of hydrogen-bond acceptors (Lipinski definition) is 5. The van der Waals surface area contributed by atoms with Crippen molar-refractivity contribution in [3.63, 3.8) is 0 Å². The molecule has 4 atom stereocenters. The van der Waals surface area contributed by atoms with E-state index in [4.69, 9.17) is 5.11 Å². The van der Waals surface area contributed by atoms with Crippen molar-refractivity contribution in [2.45, 2.75) is 44.1 Å². The first-order valence-electron chi connectivity index (χ1n) is 5.57. The average Bonchev–Trinajstić information content (AvgIpc) is 2.29. The van der Waals surface area contributed by atoms with Gasteiger partial charge in [-0.1, -0.05) is 13.3 Å². The molecule has 1 heterocycles. The minimum Gasteiger partial charge on any atom is -0.394 e. The minimum absolute atomic E-state index is 0.241. The monoisotopic (exact) mass is 232 g/mol. The maximum Gasteiger partial charge on any atom is 0.139 e. The Morgan fingerprint density at radius 2 is 1.94 bits per heavy atom. The van der Waals surface area contributed by atoms with Gasteiger partial charge in [0.1, 0.15) is 24.1 Å². The van der Waals surface area contributed by atoms with Crippen LogP contribution in [0.5, 0.6) is 0 Å². The summed E-state index contributed by atoms with van der Waals surface area (Å²) in [6.07, 6.45) is -1.83. The van der Waals surface area contributed by atoms with Crippen molar-refractivity contribution in [1.82, 2.24) is 5.32 Å². The third-order valence-corrected chi connectivity index (χ3v) is 2.69. The lowest BCUT2D eigenvalue weighted by atomic mass is 9.95. The molecule has 0 aliphatic carbocycles. The van der Waals surface area contributed by atoms with Gasteiger partial charge in [0.15, 0.2) is 0 Å². The standard InChI is InChI=1S/C10H20N2O4/c1-2-3-4-11-10-9(16)8(15)7(14)6(5-13)12-10/h6-9,13-16H,2-5H2,1H3,(H,11,12)/t6-,7-,8+,9-/m1/s1. The van der Waals surface area contributed by atoms with E-state index in [0.717, 1.165) is 12.8 Å². The van der Waals surface area contributed by atoms with E-state index < -0.39 is 24.4 Å². The van der Waals surface area contributed by atoms with Crippen molar-refractivity contribution < 1.29 is 20.4 Å². The molecule has 94 valence electrons. The molecule has 0 radical (unpaired) electrons. The van der Waals surface area contributed by atoms with Crippen molar-refractivity contribution in [3.8, 4) is 0 Å². The Bertz CT molecular complexity index is 245. The van der Waals surface area contributed by atoms with Crippen LogP contribution in [-0.2, 0) is 0 Å². The number of hydrogen-bond donors (Lipinski definition) is 5. The van der Waals surface area contributed by atoms with Crippen LogP contribution in [0.3, 0.4) is 0 Å². The van der Waals surface area contributed by atoms with Crippen molar-refractivity contribution in [2.24, 2.45) is 4.99 Å². The molecule has 0 amide bonds. The van der Waals surface area contributed by atoms with Gasteiger partial charge in [0, 0.05) is 6.54 Å². The zero-order valence-corrected chi connectivity index (χ0v) is 9.37. The number of aliphatic imine (C=N–C) groups is 1. The highest BCUT2D eigenvalue weighted by molar-refractivity contribution is 5.88. The molecule has 1 rings (SSSR count).